The van der Waals surface area contributed by atoms with Crippen LogP contribution in [-0.4, -0.2) is 24.7 Å². The van der Waals surface area contributed by atoms with Crippen molar-refractivity contribution in [2.24, 2.45) is 45.5 Å². The number of rotatable bonds is 5. The lowest BCUT2D eigenvalue weighted by atomic mass is 9.73. The molecule has 3 aliphatic carbocycles. The second kappa shape index (κ2) is 5.63. The molecule has 0 aliphatic heterocycles. The van der Waals surface area contributed by atoms with E-state index < -0.39 is 0 Å². The smallest absolute Gasteiger partial charge is 0.211 e. The molecule has 0 aromatic rings. The third-order valence-electron chi connectivity index (χ3n) is 6.21. The summed E-state index contributed by atoms with van der Waals surface area (Å²) in [5.74, 6) is 4.64. The predicted octanol–water partition coefficient (Wildman–Crippen LogP) is 2.74. The molecule has 0 amide bonds. The van der Waals surface area contributed by atoms with Crippen molar-refractivity contribution in [3.8, 4) is 0 Å². The average molecular weight is 274 g/mol. The zero-order valence-electron chi connectivity index (χ0n) is 12.0. The first-order valence-corrected chi connectivity index (χ1v) is 7.85. The summed E-state index contributed by atoms with van der Waals surface area (Å²) in [5, 5.41) is 0. The van der Waals surface area contributed by atoms with Crippen LogP contribution in [0.5, 0.6) is 0 Å². The highest BCUT2D eigenvalue weighted by molar-refractivity contribution is 5.33. The zero-order valence-corrected chi connectivity index (χ0v) is 12.0. The summed E-state index contributed by atoms with van der Waals surface area (Å²) in [6.07, 6.45) is 9.60. The second-order valence-corrected chi connectivity index (χ2v) is 6.95. The first kappa shape index (κ1) is 13.7. The monoisotopic (exact) mass is 274 g/mol. The van der Waals surface area contributed by atoms with Crippen molar-refractivity contribution in [1.29, 1.82) is 0 Å². The van der Waals surface area contributed by atoms with Crippen LogP contribution in [0.25, 0.3) is 0 Å². The molecule has 2 bridgehead atoms. The van der Waals surface area contributed by atoms with Crippen molar-refractivity contribution in [1.82, 2.24) is 0 Å². The fourth-order valence-electron chi connectivity index (χ4n) is 5.50. The van der Waals surface area contributed by atoms with E-state index in [1.165, 1.54) is 25.7 Å². The Labute approximate surface area is 119 Å². The molecule has 108 valence electrons. The van der Waals surface area contributed by atoms with Gasteiger partial charge in [0.1, 0.15) is 0 Å². The van der Waals surface area contributed by atoms with Gasteiger partial charge in [0.15, 0.2) is 0 Å². The van der Waals surface area contributed by atoms with Crippen LogP contribution in [0.2, 0.25) is 0 Å². The molecule has 4 heteroatoms. The van der Waals surface area contributed by atoms with E-state index in [4.69, 9.17) is 0 Å². The Bertz CT molecular complexity index is 465. The van der Waals surface area contributed by atoms with E-state index in [0.29, 0.717) is 12.5 Å². The normalized spacial score (nSPS) is 42.6. The summed E-state index contributed by atoms with van der Waals surface area (Å²) < 4.78 is 0. The van der Waals surface area contributed by atoms with Gasteiger partial charge in [0, 0.05) is 0 Å². The van der Waals surface area contributed by atoms with Gasteiger partial charge in [0.25, 0.3) is 0 Å². The van der Waals surface area contributed by atoms with Crippen molar-refractivity contribution in [2.75, 3.05) is 6.54 Å². The van der Waals surface area contributed by atoms with E-state index >= 15 is 0 Å². The molecule has 4 nitrogen and oxygen atoms in total. The highest BCUT2D eigenvalue weighted by Gasteiger charge is 2.56. The quantitative estimate of drug-likeness (QED) is 0.571. The molecular weight excluding hydrogens is 252 g/mol. The first-order chi connectivity index (χ1) is 9.74. The van der Waals surface area contributed by atoms with Gasteiger partial charge in [-0.25, -0.2) is 19.6 Å². The molecule has 0 N–H and O–H groups in total. The number of aliphatic imine (C=N–C) groups is 2. The fraction of sp³-hybridized carbons (Fsp3) is 0.875. The van der Waals surface area contributed by atoms with E-state index in [1.807, 2.05) is 0 Å². The number of isocyanates is 2. The Morgan fingerprint density at radius 1 is 1.05 bits per heavy atom. The highest BCUT2D eigenvalue weighted by atomic mass is 16.1. The van der Waals surface area contributed by atoms with Crippen LogP contribution < -0.4 is 0 Å². The van der Waals surface area contributed by atoms with Crippen molar-refractivity contribution < 1.29 is 9.59 Å². The standard InChI is InChI=1S/C16H22N2O2/c1-10(18-9-20)13-6-12-7-16(13)15-5-11(4-14(12)15)2-3-17-8-19/h10-16H,2-7H2,1H3. The van der Waals surface area contributed by atoms with Gasteiger partial charge in [-0.3, -0.25) is 0 Å². The van der Waals surface area contributed by atoms with Gasteiger partial charge < -0.3 is 0 Å². The summed E-state index contributed by atoms with van der Waals surface area (Å²) in [6, 6.07) is 0.141. The van der Waals surface area contributed by atoms with Gasteiger partial charge in [-0.1, -0.05) is 0 Å². The molecule has 3 rings (SSSR count). The summed E-state index contributed by atoms with van der Waals surface area (Å²) in [4.78, 5) is 28.2. The van der Waals surface area contributed by atoms with Crippen LogP contribution in [-0.2, 0) is 9.59 Å². The molecule has 7 unspecified atom stereocenters. The second-order valence-electron chi connectivity index (χ2n) is 6.95. The van der Waals surface area contributed by atoms with Crippen molar-refractivity contribution in [2.45, 2.75) is 45.1 Å². The van der Waals surface area contributed by atoms with Gasteiger partial charge in [-0.2, -0.15) is 0 Å². The summed E-state index contributed by atoms with van der Waals surface area (Å²) in [5.41, 5.74) is 0. The fourth-order valence-corrected chi connectivity index (χ4v) is 5.50. The lowest BCUT2D eigenvalue weighted by Gasteiger charge is -2.33. The largest absolute Gasteiger partial charge is 0.235 e. The summed E-state index contributed by atoms with van der Waals surface area (Å²) >= 11 is 0. The molecule has 3 aliphatic rings. The Hall–Kier alpha value is -1.24. The number of carbonyl (C=O) groups excluding carboxylic acids is 2. The minimum Gasteiger partial charge on any atom is -0.211 e. The highest BCUT2D eigenvalue weighted by Crippen LogP contribution is 2.63. The molecule has 0 aromatic heterocycles. The van der Waals surface area contributed by atoms with Crippen LogP contribution in [0.4, 0.5) is 0 Å². The van der Waals surface area contributed by atoms with Gasteiger partial charge in [0.2, 0.25) is 12.2 Å². The Kier molecular flexibility index (Phi) is 3.87. The topological polar surface area (TPSA) is 58.9 Å². The molecule has 0 spiro atoms. The lowest BCUT2D eigenvalue weighted by molar-refractivity contribution is 0.172. The number of hydrogen-bond donors (Lipinski definition) is 0. The van der Waals surface area contributed by atoms with E-state index in [0.717, 1.165) is 36.0 Å². The number of nitrogens with zero attached hydrogens (tertiary/aromatic N) is 2. The van der Waals surface area contributed by atoms with Gasteiger partial charge in [-0.05, 0) is 74.5 Å². The maximum Gasteiger partial charge on any atom is 0.235 e. The van der Waals surface area contributed by atoms with E-state index in [-0.39, 0.29) is 6.04 Å². The SMILES string of the molecule is CC(N=C=O)C1CC2CC1C1CC(CCN=C=O)CC21. The Balaban J connectivity index is 1.62. The number of hydrogen-bond acceptors (Lipinski definition) is 4. The van der Waals surface area contributed by atoms with Crippen LogP contribution >= 0.6 is 0 Å². The summed E-state index contributed by atoms with van der Waals surface area (Å²) in [6.45, 7) is 2.70. The third kappa shape index (κ3) is 2.28. The minimum atomic E-state index is 0.141. The molecule has 0 heterocycles. The third-order valence-corrected chi connectivity index (χ3v) is 6.21. The van der Waals surface area contributed by atoms with Crippen LogP contribution in [0.3, 0.4) is 0 Å². The lowest BCUT2D eigenvalue weighted by Crippen LogP contribution is -2.30. The molecule has 0 radical (unpaired) electrons. The predicted molar refractivity (Wildman–Crippen MR) is 74.6 cm³/mol. The van der Waals surface area contributed by atoms with E-state index in [1.54, 1.807) is 12.2 Å². The van der Waals surface area contributed by atoms with Gasteiger partial charge in [0.05, 0.1) is 12.6 Å². The van der Waals surface area contributed by atoms with E-state index in [2.05, 4.69) is 16.9 Å². The van der Waals surface area contributed by atoms with Gasteiger partial charge in [-0.15, -0.1) is 0 Å². The molecular formula is C16H22N2O2. The average Bonchev–Trinajstić information content (AvgIpc) is 3.09. The van der Waals surface area contributed by atoms with Crippen LogP contribution in [0.15, 0.2) is 9.98 Å². The van der Waals surface area contributed by atoms with Crippen molar-refractivity contribution >= 4 is 12.2 Å². The van der Waals surface area contributed by atoms with Crippen LogP contribution in [0, 0.1) is 35.5 Å². The zero-order chi connectivity index (χ0) is 14.1. The summed E-state index contributed by atoms with van der Waals surface area (Å²) in [7, 11) is 0. The van der Waals surface area contributed by atoms with Gasteiger partial charge >= 0.3 is 0 Å². The number of fused-ring (bicyclic) bond motifs is 5. The Morgan fingerprint density at radius 3 is 2.60 bits per heavy atom. The van der Waals surface area contributed by atoms with E-state index in [9.17, 15) is 9.59 Å². The molecule has 0 aromatic carbocycles. The minimum absolute atomic E-state index is 0.141. The molecule has 3 fully saturated rings. The molecule has 20 heavy (non-hydrogen) atoms. The van der Waals surface area contributed by atoms with Crippen molar-refractivity contribution in [3.05, 3.63) is 0 Å². The molecule has 3 saturated carbocycles. The molecule has 7 atom stereocenters. The van der Waals surface area contributed by atoms with Crippen molar-refractivity contribution in [3.63, 3.8) is 0 Å². The van der Waals surface area contributed by atoms with Crippen LogP contribution in [0.1, 0.15) is 39.0 Å². The maximum atomic E-state index is 10.5. The Morgan fingerprint density at radius 2 is 1.85 bits per heavy atom. The maximum absolute atomic E-state index is 10.5. The first-order valence-electron chi connectivity index (χ1n) is 7.85. The molecule has 0 saturated heterocycles.